The lowest BCUT2D eigenvalue weighted by atomic mass is 9.86. The van der Waals surface area contributed by atoms with E-state index in [2.05, 4.69) is 21.3 Å². The second kappa shape index (κ2) is 11.6. The van der Waals surface area contributed by atoms with Crippen LogP contribution in [0.15, 0.2) is 23.0 Å². The number of aromatic amines is 1. The van der Waals surface area contributed by atoms with Gasteiger partial charge in [0.15, 0.2) is 5.65 Å². The molecule has 3 heterocycles. The number of hydrogen-bond donors (Lipinski definition) is 3. The number of aromatic nitrogens is 4. The van der Waals surface area contributed by atoms with Gasteiger partial charge in [-0.05, 0) is 37.9 Å². The number of anilines is 1. The zero-order chi connectivity index (χ0) is 26.6. The van der Waals surface area contributed by atoms with E-state index < -0.39 is 10.1 Å². The highest BCUT2D eigenvalue weighted by molar-refractivity contribution is 7.85. The molecule has 1 aromatic carbocycles. The summed E-state index contributed by atoms with van der Waals surface area (Å²) in [5.74, 6) is 1.57. The van der Waals surface area contributed by atoms with Gasteiger partial charge in [0.2, 0.25) is 0 Å². The van der Waals surface area contributed by atoms with Gasteiger partial charge >= 0.3 is 0 Å². The van der Waals surface area contributed by atoms with Gasteiger partial charge in [-0.3, -0.25) is 9.35 Å². The molecule has 5 rings (SSSR count). The van der Waals surface area contributed by atoms with Gasteiger partial charge < -0.3 is 19.9 Å². The molecule has 2 aliphatic rings. The number of ether oxygens (including phenoxy) is 1. The van der Waals surface area contributed by atoms with Gasteiger partial charge in [-0.15, -0.1) is 0 Å². The van der Waals surface area contributed by atoms with Crippen LogP contribution in [0, 0.1) is 0 Å². The molecule has 0 radical (unpaired) electrons. The van der Waals surface area contributed by atoms with Crippen LogP contribution in [0.2, 0.25) is 0 Å². The number of hydrogen-bond acceptors (Lipinski definition) is 8. The molecule has 3 N–H and O–H groups in total. The smallest absolute Gasteiger partial charge is 0.262 e. The van der Waals surface area contributed by atoms with Crippen LogP contribution in [0.1, 0.15) is 50.1 Å². The predicted octanol–water partition coefficient (Wildman–Crippen LogP) is 2.68. The number of nitrogens with one attached hydrogen (secondary N) is 2. The summed E-state index contributed by atoms with van der Waals surface area (Å²) >= 11 is 0. The Morgan fingerprint density at radius 3 is 2.54 bits per heavy atom. The minimum absolute atomic E-state index is 0.122. The molecule has 1 aliphatic heterocycles. The van der Waals surface area contributed by atoms with Gasteiger partial charge in [-0.1, -0.05) is 19.3 Å². The van der Waals surface area contributed by atoms with Crippen molar-refractivity contribution in [1.82, 2.24) is 25.1 Å². The highest BCUT2D eigenvalue weighted by atomic mass is 32.2. The lowest BCUT2D eigenvalue weighted by Gasteiger charge is -2.23. The summed E-state index contributed by atoms with van der Waals surface area (Å²) in [4.78, 5) is 23.4. The molecule has 2 aromatic heterocycles. The van der Waals surface area contributed by atoms with Gasteiger partial charge in [-0.2, -0.15) is 13.5 Å². The van der Waals surface area contributed by atoms with Crippen molar-refractivity contribution in [3.05, 3.63) is 34.2 Å². The largest absolute Gasteiger partial charge is 0.496 e. The third-order valence-electron chi connectivity index (χ3n) is 6.86. The molecule has 12 heteroatoms. The Labute approximate surface area is 217 Å². The second-order valence-corrected chi connectivity index (χ2v) is 11.1. The van der Waals surface area contributed by atoms with Crippen molar-refractivity contribution < 1.29 is 17.7 Å². The fourth-order valence-electron chi connectivity index (χ4n) is 5.15. The van der Waals surface area contributed by atoms with Crippen molar-refractivity contribution >= 4 is 26.8 Å². The van der Waals surface area contributed by atoms with E-state index in [-0.39, 0.29) is 5.56 Å². The summed E-state index contributed by atoms with van der Waals surface area (Å²) in [6, 6.07) is 6.13. The maximum absolute atomic E-state index is 13.2. The summed E-state index contributed by atoms with van der Waals surface area (Å²) < 4.78 is 33.3. The summed E-state index contributed by atoms with van der Waals surface area (Å²) in [7, 11) is -0.132. The van der Waals surface area contributed by atoms with Crippen LogP contribution >= 0.6 is 0 Å². The second-order valence-electron chi connectivity index (χ2n) is 9.67. The van der Waals surface area contributed by atoms with Gasteiger partial charge in [0.25, 0.3) is 15.7 Å². The number of rotatable bonds is 4. The third-order valence-corrected chi connectivity index (χ3v) is 6.86. The van der Waals surface area contributed by atoms with Gasteiger partial charge in [-0.25, -0.2) is 9.67 Å². The number of methoxy groups -OCH3 is 1. The molecule has 0 spiro atoms. The molecule has 0 amide bonds. The van der Waals surface area contributed by atoms with Gasteiger partial charge in [0.1, 0.15) is 17.0 Å². The third kappa shape index (κ3) is 6.68. The molecule has 1 aliphatic carbocycles. The normalized spacial score (nSPS) is 17.2. The minimum atomic E-state index is -3.67. The number of fused-ring (bicyclic) bond motifs is 1. The maximum atomic E-state index is 13.2. The van der Waals surface area contributed by atoms with Crippen LogP contribution in [-0.2, 0) is 17.2 Å². The van der Waals surface area contributed by atoms with Crippen molar-refractivity contribution in [2.75, 3.05) is 44.4 Å². The summed E-state index contributed by atoms with van der Waals surface area (Å²) in [5, 5.41) is 8.80. The molecule has 0 atom stereocenters. The van der Waals surface area contributed by atoms with E-state index in [1.54, 1.807) is 11.8 Å². The quantitative estimate of drug-likeness (QED) is 0.432. The average Bonchev–Trinajstić information content (AvgIpc) is 3.03. The molecule has 1 saturated carbocycles. The monoisotopic (exact) mass is 532 g/mol. The first-order chi connectivity index (χ1) is 17.7. The lowest BCUT2D eigenvalue weighted by Crippen LogP contribution is -2.27. The molecular formula is C25H36N6O5S. The Morgan fingerprint density at radius 1 is 1.11 bits per heavy atom. The van der Waals surface area contributed by atoms with Crippen LogP contribution in [0.4, 0.5) is 5.69 Å². The standard InChI is InChI=1S/C24H32N6O2.CH4O3S/c1-29-23-20(21(28-29)16-7-4-3-5-8-16)24(31)27-22(26-23)18-10-9-17(15-19(18)32-2)30-13-6-11-25-12-14-30;1-5(2,3)4/h9-10,15-16,25H,3-8,11-14H2,1-2H3,(H,26,27,31);1H3,(H,2,3,4). The number of aryl methyl sites for hydroxylation is 1. The van der Waals surface area contributed by atoms with Gasteiger partial charge in [0.05, 0.1) is 24.6 Å². The van der Waals surface area contributed by atoms with Crippen LogP contribution < -0.4 is 20.5 Å². The Morgan fingerprint density at radius 2 is 1.84 bits per heavy atom. The summed E-state index contributed by atoms with van der Waals surface area (Å²) in [6.45, 7) is 3.99. The van der Waals surface area contributed by atoms with E-state index >= 15 is 0 Å². The molecule has 11 nitrogen and oxygen atoms in total. The average molecular weight is 533 g/mol. The topological polar surface area (TPSA) is 142 Å². The Balaban J connectivity index is 0.000000586. The van der Waals surface area contributed by atoms with E-state index in [0.717, 1.165) is 62.4 Å². The first kappa shape index (κ1) is 27.1. The number of nitrogens with zero attached hydrogens (tertiary/aromatic N) is 4. The molecule has 1 saturated heterocycles. The SMILES string of the molecule is COc1cc(N2CCCNCC2)ccc1-c1nc2c(c(C3CCCCC3)nn2C)c(=O)[nH]1.CS(=O)(=O)O. The lowest BCUT2D eigenvalue weighted by molar-refractivity contribution is 0.416. The maximum Gasteiger partial charge on any atom is 0.262 e. The van der Waals surface area contributed by atoms with Crippen molar-refractivity contribution in [3.63, 3.8) is 0 Å². The van der Waals surface area contributed by atoms with E-state index in [9.17, 15) is 13.2 Å². The molecule has 202 valence electrons. The first-order valence-corrected chi connectivity index (χ1v) is 14.5. The van der Waals surface area contributed by atoms with Crippen LogP contribution in [0.5, 0.6) is 5.75 Å². The minimum Gasteiger partial charge on any atom is -0.496 e. The van der Waals surface area contributed by atoms with Crippen molar-refractivity contribution in [2.45, 2.75) is 44.4 Å². The van der Waals surface area contributed by atoms with E-state index in [4.69, 9.17) is 19.4 Å². The molecule has 2 fully saturated rings. The zero-order valence-electron chi connectivity index (χ0n) is 21.7. The highest BCUT2D eigenvalue weighted by Gasteiger charge is 2.25. The molecule has 3 aromatic rings. The van der Waals surface area contributed by atoms with E-state index in [1.807, 2.05) is 19.2 Å². The van der Waals surface area contributed by atoms with Crippen LogP contribution in [0.25, 0.3) is 22.4 Å². The summed E-state index contributed by atoms with van der Waals surface area (Å²) in [6.07, 6.45) is 7.67. The van der Waals surface area contributed by atoms with Crippen LogP contribution in [-0.4, -0.2) is 72.3 Å². The highest BCUT2D eigenvalue weighted by Crippen LogP contribution is 2.36. The first-order valence-electron chi connectivity index (χ1n) is 12.7. The van der Waals surface area contributed by atoms with E-state index in [0.29, 0.717) is 34.8 Å². The zero-order valence-corrected chi connectivity index (χ0v) is 22.5. The molecule has 37 heavy (non-hydrogen) atoms. The summed E-state index contributed by atoms with van der Waals surface area (Å²) in [5.41, 5.74) is 3.32. The Hall–Kier alpha value is -2.96. The van der Waals surface area contributed by atoms with Crippen molar-refractivity contribution in [3.8, 4) is 17.1 Å². The fourth-order valence-corrected chi connectivity index (χ4v) is 5.15. The number of benzene rings is 1. The Bertz CT molecular complexity index is 1380. The van der Waals surface area contributed by atoms with Crippen LogP contribution in [0.3, 0.4) is 0 Å². The molecule has 0 bridgehead atoms. The fraction of sp³-hybridized carbons (Fsp3) is 0.560. The van der Waals surface area contributed by atoms with E-state index in [1.165, 1.54) is 19.3 Å². The molecule has 0 unspecified atom stereocenters. The number of H-pyrrole nitrogens is 1. The van der Waals surface area contributed by atoms with Crippen molar-refractivity contribution in [2.24, 2.45) is 7.05 Å². The predicted molar refractivity (Wildman–Crippen MR) is 144 cm³/mol. The Kier molecular flexibility index (Phi) is 8.50. The van der Waals surface area contributed by atoms with Gasteiger partial charge in [0, 0.05) is 44.4 Å². The van der Waals surface area contributed by atoms with Crippen molar-refractivity contribution in [1.29, 1.82) is 0 Å². The molecular weight excluding hydrogens is 496 g/mol.